The Hall–Kier alpha value is -1.43. The maximum atomic E-state index is 13.7. The van der Waals surface area contributed by atoms with Crippen LogP contribution in [0.3, 0.4) is 0 Å². The Kier molecular flexibility index (Phi) is 7.88. The van der Waals surface area contributed by atoms with Crippen LogP contribution in [0.15, 0.2) is 12.1 Å². The molecule has 25 heavy (non-hydrogen) atoms. The molecular weight excluding hydrogens is 341 g/mol. The van der Waals surface area contributed by atoms with Crippen LogP contribution in [0.25, 0.3) is 0 Å². The van der Waals surface area contributed by atoms with Crippen molar-refractivity contribution >= 4 is 17.4 Å². The summed E-state index contributed by atoms with van der Waals surface area (Å²) in [7, 11) is -1.18. The zero-order valence-electron chi connectivity index (χ0n) is 15.1. The van der Waals surface area contributed by atoms with Crippen LogP contribution in [0.1, 0.15) is 62.0 Å². The van der Waals surface area contributed by atoms with Gasteiger partial charge in [0.25, 0.3) is 0 Å². The molecule has 1 aromatic rings. The second kappa shape index (κ2) is 9.90. The highest BCUT2D eigenvalue weighted by Gasteiger charge is 2.28. The molecule has 1 atom stereocenters. The van der Waals surface area contributed by atoms with Crippen molar-refractivity contribution in [3.8, 4) is 5.75 Å². The molecule has 2 fully saturated rings. The summed E-state index contributed by atoms with van der Waals surface area (Å²) in [5.74, 6) is 1.95. The Bertz CT molecular complexity index is 599. The average molecular weight is 370 g/mol. The summed E-state index contributed by atoms with van der Waals surface area (Å²) < 4.78 is 31.5. The second-order valence-corrected chi connectivity index (χ2v) is 8.06. The number of carbonyl (C=O) groups is 1. The summed E-state index contributed by atoms with van der Waals surface area (Å²) in [4.78, 5) is 9.31. The van der Waals surface area contributed by atoms with E-state index in [-0.39, 0.29) is 5.82 Å². The molecule has 0 aromatic heterocycles. The van der Waals surface area contributed by atoms with Crippen molar-refractivity contribution in [2.75, 3.05) is 12.9 Å². The molecule has 6 heteroatoms. The number of aryl methyl sites for hydroxylation is 1. The normalized spacial score (nSPS) is 18.7. The van der Waals surface area contributed by atoms with E-state index in [1.807, 2.05) is 17.7 Å². The lowest BCUT2D eigenvalue weighted by molar-refractivity contribution is -0.108. The number of amides is 1. The van der Waals surface area contributed by atoms with Gasteiger partial charge in [0.05, 0.1) is 6.61 Å². The molecule has 1 N–H and O–H groups in total. The van der Waals surface area contributed by atoms with Gasteiger partial charge in [0, 0.05) is 12.3 Å². The lowest BCUT2D eigenvalue weighted by Crippen LogP contribution is -2.16. The lowest BCUT2D eigenvalue weighted by atomic mass is 9.90. The van der Waals surface area contributed by atoms with E-state index in [4.69, 9.17) is 4.74 Å². The van der Waals surface area contributed by atoms with E-state index in [1.165, 1.54) is 56.8 Å². The molecule has 0 aliphatic heterocycles. The van der Waals surface area contributed by atoms with E-state index in [0.717, 1.165) is 17.9 Å². The van der Waals surface area contributed by atoms with E-state index in [0.29, 0.717) is 18.2 Å². The van der Waals surface area contributed by atoms with E-state index >= 15 is 0 Å². The minimum Gasteiger partial charge on any atom is -0.493 e. The fourth-order valence-electron chi connectivity index (χ4n) is 3.15. The van der Waals surface area contributed by atoms with E-state index in [9.17, 15) is 13.4 Å². The first-order chi connectivity index (χ1) is 12.0. The van der Waals surface area contributed by atoms with Gasteiger partial charge in [0.1, 0.15) is 22.6 Å². The average Bonchev–Trinajstić information content (AvgIpc) is 3.42. The number of rotatable bonds is 6. The number of hydrogen-bond acceptors (Lipinski definition) is 3. The predicted molar refractivity (Wildman–Crippen MR) is 98.4 cm³/mol. The monoisotopic (exact) mass is 369 g/mol. The lowest BCUT2D eigenvalue weighted by Gasteiger charge is -2.22. The summed E-state index contributed by atoms with van der Waals surface area (Å²) in [6.07, 6.45) is 10.8. The third-order valence-corrected chi connectivity index (χ3v) is 5.15. The summed E-state index contributed by atoms with van der Waals surface area (Å²) in [5, 5.41) is 0. The van der Waals surface area contributed by atoms with Gasteiger partial charge in [-0.05, 0) is 61.6 Å². The summed E-state index contributed by atoms with van der Waals surface area (Å²) in [6.45, 7) is 2.61. The fourth-order valence-corrected chi connectivity index (χ4v) is 3.29. The maximum absolute atomic E-state index is 13.7. The smallest absolute Gasteiger partial charge is 0.218 e. The third-order valence-electron chi connectivity index (χ3n) is 4.72. The van der Waals surface area contributed by atoms with Gasteiger partial charge in [0.2, 0.25) is 6.41 Å². The molecule has 0 spiro atoms. The highest BCUT2D eigenvalue weighted by atomic mass is 32.2. The molecule has 0 heterocycles. The maximum Gasteiger partial charge on any atom is 0.218 e. The van der Waals surface area contributed by atoms with Gasteiger partial charge in [-0.2, -0.15) is 0 Å². The van der Waals surface area contributed by atoms with Crippen molar-refractivity contribution in [1.29, 1.82) is 0 Å². The molecule has 4 nitrogen and oxygen atoms in total. The first-order valence-corrected chi connectivity index (χ1v) is 10.5. The highest BCUT2D eigenvalue weighted by Crippen LogP contribution is 2.45. The largest absolute Gasteiger partial charge is 0.493 e. The standard InChI is InChI=1S/C17H23FO.C2H5NO2S/c1-12-9-15(14-7-8-14)17(10-16(12)18)19-11-13-5-3-2-4-6-13;1-6(5)3-2-4/h9-10,13-14H,2-8,11H2,1H3;2H,1H3,(H,3,4). The van der Waals surface area contributed by atoms with Crippen molar-refractivity contribution in [1.82, 2.24) is 4.72 Å². The minimum absolute atomic E-state index is 0.136. The number of halogens is 1. The number of ether oxygens (including phenoxy) is 1. The Labute approximate surface area is 152 Å². The van der Waals surface area contributed by atoms with Gasteiger partial charge in [-0.3, -0.25) is 9.52 Å². The molecule has 2 aliphatic rings. The molecule has 140 valence electrons. The molecule has 2 aliphatic carbocycles. The Morgan fingerprint density at radius 1 is 1.24 bits per heavy atom. The minimum atomic E-state index is -1.18. The molecule has 1 aromatic carbocycles. The molecule has 0 bridgehead atoms. The van der Waals surface area contributed by atoms with Crippen LogP contribution < -0.4 is 9.46 Å². The second-order valence-electron chi connectivity index (χ2n) is 6.92. The zero-order chi connectivity index (χ0) is 18.2. The first-order valence-electron chi connectivity index (χ1n) is 8.97. The Morgan fingerprint density at radius 2 is 1.92 bits per heavy atom. The summed E-state index contributed by atoms with van der Waals surface area (Å²) in [6, 6.07) is 3.59. The SMILES string of the molecule is CS(=O)NC=O.Cc1cc(C2CC2)c(OCC2CCCCC2)cc1F. The van der Waals surface area contributed by atoms with Gasteiger partial charge in [0.15, 0.2) is 0 Å². The van der Waals surface area contributed by atoms with E-state index < -0.39 is 11.0 Å². The third kappa shape index (κ3) is 6.77. The van der Waals surface area contributed by atoms with Crippen LogP contribution in [-0.4, -0.2) is 23.5 Å². The van der Waals surface area contributed by atoms with Crippen LogP contribution in [0.5, 0.6) is 5.75 Å². The topological polar surface area (TPSA) is 55.4 Å². The van der Waals surface area contributed by atoms with Crippen LogP contribution in [0, 0.1) is 18.7 Å². The predicted octanol–water partition coefficient (Wildman–Crippen LogP) is 4.00. The molecule has 0 radical (unpaired) electrons. The molecule has 3 rings (SSSR count). The quantitative estimate of drug-likeness (QED) is 0.771. The zero-order valence-corrected chi connectivity index (χ0v) is 15.9. The van der Waals surface area contributed by atoms with Crippen LogP contribution in [-0.2, 0) is 15.8 Å². The summed E-state index contributed by atoms with van der Waals surface area (Å²) >= 11 is 0. The number of nitrogens with one attached hydrogen (secondary N) is 1. The van der Waals surface area contributed by atoms with E-state index in [1.54, 1.807) is 6.07 Å². The van der Waals surface area contributed by atoms with Gasteiger partial charge in [-0.25, -0.2) is 8.60 Å². The van der Waals surface area contributed by atoms with Crippen LogP contribution in [0.2, 0.25) is 0 Å². The molecule has 1 unspecified atom stereocenters. The van der Waals surface area contributed by atoms with Crippen molar-refractivity contribution in [2.45, 2.75) is 57.8 Å². The Morgan fingerprint density at radius 3 is 2.44 bits per heavy atom. The van der Waals surface area contributed by atoms with Crippen LogP contribution >= 0.6 is 0 Å². The van der Waals surface area contributed by atoms with E-state index in [2.05, 4.69) is 0 Å². The van der Waals surface area contributed by atoms with Gasteiger partial charge >= 0.3 is 0 Å². The van der Waals surface area contributed by atoms with Crippen molar-refractivity contribution in [2.24, 2.45) is 5.92 Å². The van der Waals surface area contributed by atoms with Gasteiger partial charge in [-0.15, -0.1) is 0 Å². The van der Waals surface area contributed by atoms with Crippen molar-refractivity contribution in [3.05, 3.63) is 29.1 Å². The van der Waals surface area contributed by atoms with Crippen molar-refractivity contribution < 1.29 is 18.1 Å². The molecular formula is C19H28FNO3S. The first kappa shape index (κ1) is 19.9. The Balaban J connectivity index is 0.000000326. The number of benzene rings is 1. The molecule has 1 amide bonds. The summed E-state index contributed by atoms with van der Waals surface area (Å²) in [5.41, 5.74) is 1.97. The van der Waals surface area contributed by atoms with Crippen LogP contribution in [0.4, 0.5) is 4.39 Å². The number of carbonyl (C=O) groups excluding carboxylic acids is 1. The van der Waals surface area contributed by atoms with Gasteiger partial charge in [-0.1, -0.05) is 19.3 Å². The number of hydrogen-bond donors (Lipinski definition) is 1. The fraction of sp³-hybridized carbons (Fsp3) is 0.632. The van der Waals surface area contributed by atoms with Crippen molar-refractivity contribution in [3.63, 3.8) is 0 Å². The highest BCUT2D eigenvalue weighted by molar-refractivity contribution is 7.82. The molecule has 0 saturated heterocycles. The molecule has 2 saturated carbocycles. The van der Waals surface area contributed by atoms with Gasteiger partial charge < -0.3 is 4.74 Å².